The van der Waals surface area contributed by atoms with Crippen molar-refractivity contribution < 1.29 is 23.8 Å². The summed E-state index contributed by atoms with van der Waals surface area (Å²) in [5.74, 6) is 0.271. The molecule has 0 saturated carbocycles. The lowest BCUT2D eigenvalue weighted by molar-refractivity contribution is -0.139. The number of hydrogen-bond acceptors (Lipinski definition) is 8. The number of esters is 1. The molecule has 3 heterocycles. The van der Waals surface area contributed by atoms with Crippen molar-refractivity contribution in [2.75, 3.05) is 40.0 Å². The predicted octanol–water partition coefficient (Wildman–Crippen LogP) is 3.08. The van der Waals surface area contributed by atoms with Gasteiger partial charge in [0, 0.05) is 24.4 Å². The molecule has 8 nitrogen and oxygen atoms in total. The van der Waals surface area contributed by atoms with Crippen molar-refractivity contribution in [2.45, 2.75) is 26.3 Å². The van der Waals surface area contributed by atoms with Crippen molar-refractivity contribution >= 4 is 28.8 Å². The molecule has 3 aliphatic rings. The molecule has 9 heteroatoms. The molecular formula is C23H27N3O5S. The van der Waals surface area contributed by atoms with Gasteiger partial charge in [-0.05, 0) is 25.3 Å². The zero-order valence-electron chi connectivity index (χ0n) is 18.5. The van der Waals surface area contributed by atoms with Gasteiger partial charge in [-0.15, -0.1) is 0 Å². The first-order chi connectivity index (χ1) is 15.5. The minimum Gasteiger partial charge on any atom is -0.496 e. The molecule has 4 rings (SSSR count). The summed E-state index contributed by atoms with van der Waals surface area (Å²) in [6, 6.07) is 7.09. The maximum Gasteiger partial charge on any atom is 0.338 e. The third-order valence-electron chi connectivity index (χ3n) is 5.63. The fourth-order valence-corrected chi connectivity index (χ4v) is 5.07. The SMILES string of the molecule is CCOC(=O)C1=C(C)N=C2SC=C(CC(=O)N3CCOCC3)N2[C@@H]1c1ccccc1OC. The number of carbonyl (C=O) groups is 2. The maximum absolute atomic E-state index is 13.0. The second-order valence-electron chi connectivity index (χ2n) is 7.53. The third kappa shape index (κ3) is 4.27. The van der Waals surface area contributed by atoms with Gasteiger partial charge in [0.05, 0.1) is 50.7 Å². The lowest BCUT2D eigenvalue weighted by Gasteiger charge is -2.37. The van der Waals surface area contributed by atoms with Crippen molar-refractivity contribution in [1.82, 2.24) is 9.80 Å². The number of thioether (sulfide) groups is 1. The predicted molar refractivity (Wildman–Crippen MR) is 122 cm³/mol. The molecule has 0 unspecified atom stereocenters. The molecule has 1 saturated heterocycles. The van der Waals surface area contributed by atoms with Crippen molar-refractivity contribution in [3.63, 3.8) is 0 Å². The molecule has 0 spiro atoms. The fraction of sp³-hybridized carbons (Fsp3) is 0.435. The number of hydrogen-bond donors (Lipinski definition) is 0. The number of benzene rings is 1. The van der Waals surface area contributed by atoms with Gasteiger partial charge in [-0.1, -0.05) is 30.0 Å². The van der Waals surface area contributed by atoms with E-state index in [9.17, 15) is 9.59 Å². The van der Waals surface area contributed by atoms with Gasteiger partial charge >= 0.3 is 5.97 Å². The normalized spacial score (nSPS) is 20.5. The average Bonchev–Trinajstić information content (AvgIpc) is 3.20. The number of allylic oxidation sites excluding steroid dienone is 1. The number of amidine groups is 1. The Morgan fingerprint density at radius 1 is 1.25 bits per heavy atom. The summed E-state index contributed by atoms with van der Waals surface area (Å²) in [7, 11) is 1.61. The second kappa shape index (κ2) is 9.79. The van der Waals surface area contributed by atoms with Crippen LogP contribution in [0.5, 0.6) is 5.75 Å². The van der Waals surface area contributed by atoms with Crippen molar-refractivity contribution in [3.05, 3.63) is 52.2 Å². The van der Waals surface area contributed by atoms with Crippen LogP contribution in [0.4, 0.5) is 0 Å². The monoisotopic (exact) mass is 457 g/mol. The van der Waals surface area contributed by atoms with E-state index in [1.165, 1.54) is 11.8 Å². The van der Waals surface area contributed by atoms with E-state index >= 15 is 0 Å². The molecule has 0 bridgehead atoms. The zero-order chi connectivity index (χ0) is 22.7. The van der Waals surface area contributed by atoms with Crippen LogP contribution in [-0.2, 0) is 19.1 Å². The highest BCUT2D eigenvalue weighted by Crippen LogP contribution is 2.47. The number of ether oxygens (including phenoxy) is 3. The van der Waals surface area contributed by atoms with E-state index in [2.05, 4.69) is 4.99 Å². The Morgan fingerprint density at radius 2 is 2.00 bits per heavy atom. The fourth-order valence-electron chi connectivity index (χ4n) is 4.11. The standard InChI is InChI=1S/C23H27N3O5S/c1-4-31-22(28)20-15(2)24-23-26(21(20)17-7-5-6-8-18(17)29-3)16(14-32-23)13-19(27)25-9-11-30-12-10-25/h5-8,14,21H,4,9-13H2,1-3H3/t21-/m1/s1. The van der Waals surface area contributed by atoms with Crippen LogP contribution in [-0.4, -0.2) is 66.9 Å². The van der Waals surface area contributed by atoms with Crippen molar-refractivity contribution in [3.8, 4) is 5.75 Å². The molecule has 0 aromatic heterocycles. The Bertz CT molecular complexity index is 997. The Morgan fingerprint density at radius 3 is 2.72 bits per heavy atom. The van der Waals surface area contributed by atoms with Gasteiger partial charge in [0.15, 0.2) is 5.17 Å². The Hall–Kier alpha value is -2.78. The number of aliphatic imine (C=N–C) groups is 1. The van der Waals surface area contributed by atoms with Crippen LogP contribution < -0.4 is 4.74 Å². The average molecular weight is 458 g/mol. The van der Waals surface area contributed by atoms with Crippen molar-refractivity contribution in [1.29, 1.82) is 0 Å². The lowest BCUT2D eigenvalue weighted by Crippen LogP contribution is -2.42. The van der Waals surface area contributed by atoms with Crippen LogP contribution in [0.3, 0.4) is 0 Å². The highest BCUT2D eigenvalue weighted by atomic mass is 32.2. The number of rotatable bonds is 6. The zero-order valence-corrected chi connectivity index (χ0v) is 19.3. The summed E-state index contributed by atoms with van der Waals surface area (Å²) in [5.41, 5.74) is 2.67. The van der Waals surface area contributed by atoms with Crippen LogP contribution in [0.1, 0.15) is 31.9 Å². The van der Waals surface area contributed by atoms with Crippen LogP contribution >= 0.6 is 11.8 Å². The molecular weight excluding hydrogens is 430 g/mol. The lowest BCUT2D eigenvalue weighted by atomic mass is 9.93. The molecule has 1 atom stereocenters. The molecule has 32 heavy (non-hydrogen) atoms. The summed E-state index contributed by atoms with van der Waals surface area (Å²) in [4.78, 5) is 34.5. The van der Waals surface area contributed by atoms with Gasteiger partial charge in [-0.3, -0.25) is 4.79 Å². The summed E-state index contributed by atoms with van der Waals surface area (Å²) in [5, 5.41) is 2.68. The van der Waals surface area contributed by atoms with Gasteiger partial charge in [0.2, 0.25) is 5.91 Å². The largest absolute Gasteiger partial charge is 0.496 e. The number of nitrogens with zero attached hydrogens (tertiary/aromatic N) is 3. The van der Waals surface area contributed by atoms with Gasteiger partial charge in [0.25, 0.3) is 0 Å². The van der Waals surface area contributed by atoms with Crippen molar-refractivity contribution in [2.24, 2.45) is 4.99 Å². The quantitative estimate of drug-likeness (QED) is 0.607. The molecule has 1 aromatic rings. The minimum absolute atomic E-state index is 0.0316. The number of methoxy groups -OCH3 is 1. The summed E-state index contributed by atoms with van der Waals surface area (Å²) in [6.45, 7) is 6.13. The first-order valence-electron chi connectivity index (χ1n) is 10.6. The molecule has 170 valence electrons. The molecule has 0 aliphatic carbocycles. The molecule has 1 amide bonds. The first-order valence-corrected chi connectivity index (χ1v) is 11.5. The number of fused-ring (bicyclic) bond motifs is 1. The third-order valence-corrected chi connectivity index (χ3v) is 6.51. The van der Waals surface area contributed by atoms with E-state index in [4.69, 9.17) is 14.2 Å². The number of carbonyl (C=O) groups excluding carboxylic acids is 2. The van der Waals surface area contributed by atoms with E-state index < -0.39 is 12.0 Å². The van der Waals surface area contributed by atoms with Gasteiger partial charge in [-0.2, -0.15) is 0 Å². The maximum atomic E-state index is 13.0. The summed E-state index contributed by atoms with van der Waals surface area (Å²) >= 11 is 1.46. The highest BCUT2D eigenvalue weighted by Gasteiger charge is 2.42. The molecule has 1 fully saturated rings. The minimum atomic E-state index is -0.503. The molecule has 1 aromatic carbocycles. The first kappa shape index (κ1) is 22.4. The van der Waals surface area contributed by atoms with E-state index in [1.54, 1.807) is 14.0 Å². The van der Waals surface area contributed by atoms with Crippen LogP contribution in [0.25, 0.3) is 0 Å². The molecule has 0 radical (unpaired) electrons. The smallest absolute Gasteiger partial charge is 0.338 e. The number of morpholine rings is 1. The van der Waals surface area contributed by atoms with E-state index in [-0.39, 0.29) is 18.9 Å². The Labute approximate surface area is 191 Å². The molecule has 0 N–H and O–H groups in total. The van der Waals surface area contributed by atoms with E-state index in [1.807, 2.05) is 46.4 Å². The number of para-hydroxylation sites is 1. The van der Waals surface area contributed by atoms with E-state index in [0.29, 0.717) is 43.3 Å². The number of amides is 1. The van der Waals surface area contributed by atoms with Gasteiger partial charge < -0.3 is 24.0 Å². The van der Waals surface area contributed by atoms with Crippen LogP contribution in [0.15, 0.2) is 51.6 Å². The topological polar surface area (TPSA) is 80.7 Å². The highest BCUT2D eigenvalue weighted by molar-refractivity contribution is 8.16. The Kier molecular flexibility index (Phi) is 6.86. The second-order valence-corrected chi connectivity index (χ2v) is 8.36. The van der Waals surface area contributed by atoms with Crippen LogP contribution in [0.2, 0.25) is 0 Å². The summed E-state index contributed by atoms with van der Waals surface area (Å²) in [6.07, 6.45) is 0.215. The Balaban J connectivity index is 1.73. The van der Waals surface area contributed by atoms with E-state index in [0.717, 1.165) is 16.4 Å². The van der Waals surface area contributed by atoms with Gasteiger partial charge in [-0.25, -0.2) is 9.79 Å². The van der Waals surface area contributed by atoms with Crippen LogP contribution in [0, 0.1) is 0 Å². The van der Waals surface area contributed by atoms with Gasteiger partial charge in [0.1, 0.15) is 5.75 Å². The molecule has 3 aliphatic heterocycles. The summed E-state index contributed by atoms with van der Waals surface area (Å²) < 4.78 is 16.4.